The lowest BCUT2D eigenvalue weighted by atomic mass is 9.98. The van der Waals surface area contributed by atoms with Crippen LogP contribution in [-0.4, -0.2) is 12.8 Å². The molecule has 1 aromatic heterocycles. The Kier molecular flexibility index (Phi) is 2.53. The van der Waals surface area contributed by atoms with Gasteiger partial charge in [-0.25, -0.2) is 0 Å². The Labute approximate surface area is 99.4 Å². The number of nitrogens with one attached hydrogen (secondary N) is 1. The van der Waals surface area contributed by atoms with Gasteiger partial charge in [0.05, 0.1) is 0 Å². The largest absolute Gasteiger partial charge is 0.453 e. The van der Waals surface area contributed by atoms with Gasteiger partial charge in [-0.3, -0.25) is 4.79 Å². The molecule has 86 valence electrons. The third-order valence-corrected chi connectivity index (χ3v) is 3.12. The van der Waals surface area contributed by atoms with Gasteiger partial charge in [0.1, 0.15) is 5.76 Å². The molecule has 0 atom stereocenters. The summed E-state index contributed by atoms with van der Waals surface area (Å²) in [7, 11) is 0. The molecule has 0 bridgehead atoms. The summed E-state index contributed by atoms with van der Waals surface area (Å²) in [6, 6.07) is 9.86. The summed E-state index contributed by atoms with van der Waals surface area (Å²) in [6.45, 7) is 1.96. The van der Waals surface area contributed by atoms with Crippen molar-refractivity contribution < 1.29 is 9.21 Å². The van der Waals surface area contributed by atoms with Gasteiger partial charge in [0.25, 0.3) is 0 Å². The average Bonchev–Trinajstić information content (AvgIpc) is 2.87. The van der Waals surface area contributed by atoms with Gasteiger partial charge in [0, 0.05) is 12.1 Å². The van der Waals surface area contributed by atoms with Crippen molar-refractivity contribution in [2.24, 2.45) is 0 Å². The normalized spacial score (nSPS) is 14.4. The molecule has 0 saturated carbocycles. The molecule has 2 heterocycles. The van der Waals surface area contributed by atoms with Crippen LogP contribution in [0, 0.1) is 0 Å². The first-order chi connectivity index (χ1) is 8.36. The molecule has 2 aromatic rings. The molecule has 0 amide bonds. The van der Waals surface area contributed by atoms with Crippen LogP contribution in [0.5, 0.6) is 0 Å². The van der Waals surface area contributed by atoms with E-state index < -0.39 is 0 Å². The summed E-state index contributed by atoms with van der Waals surface area (Å²) in [4.78, 5) is 10.6. The molecule has 3 rings (SSSR count). The maximum absolute atomic E-state index is 10.6. The van der Waals surface area contributed by atoms with E-state index in [0.717, 1.165) is 37.1 Å². The van der Waals surface area contributed by atoms with E-state index in [1.165, 1.54) is 11.1 Å². The van der Waals surface area contributed by atoms with E-state index in [1.54, 1.807) is 6.07 Å². The van der Waals surface area contributed by atoms with E-state index in [2.05, 4.69) is 17.4 Å². The maximum atomic E-state index is 10.6. The fourth-order valence-corrected chi connectivity index (χ4v) is 2.20. The number of furan rings is 1. The van der Waals surface area contributed by atoms with Gasteiger partial charge < -0.3 is 9.73 Å². The highest BCUT2D eigenvalue weighted by molar-refractivity contribution is 5.73. The number of aldehydes is 1. The van der Waals surface area contributed by atoms with E-state index in [9.17, 15) is 4.79 Å². The monoisotopic (exact) mass is 227 g/mol. The van der Waals surface area contributed by atoms with Gasteiger partial charge in [-0.05, 0) is 42.3 Å². The van der Waals surface area contributed by atoms with Gasteiger partial charge in [-0.1, -0.05) is 12.1 Å². The molecule has 0 aliphatic carbocycles. The zero-order valence-electron chi connectivity index (χ0n) is 9.40. The molecule has 0 fully saturated rings. The second-order valence-corrected chi connectivity index (χ2v) is 4.23. The molecule has 0 radical (unpaired) electrons. The zero-order chi connectivity index (χ0) is 11.7. The van der Waals surface area contributed by atoms with Gasteiger partial charge in [0.2, 0.25) is 0 Å². The van der Waals surface area contributed by atoms with Crippen LogP contribution in [0.1, 0.15) is 21.7 Å². The number of carbonyl (C=O) groups excluding carboxylic acids is 1. The summed E-state index contributed by atoms with van der Waals surface area (Å²) in [5.41, 5.74) is 3.76. The van der Waals surface area contributed by atoms with Crippen molar-refractivity contribution in [2.45, 2.75) is 13.0 Å². The minimum absolute atomic E-state index is 0.374. The highest BCUT2D eigenvalue weighted by Crippen LogP contribution is 2.25. The van der Waals surface area contributed by atoms with E-state index in [1.807, 2.05) is 12.1 Å². The Morgan fingerprint density at radius 2 is 2.12 bits per heavy atom. The first-order valence-electron chi connectivity index (χ1n) is 5.75. The summed E-state index contributed by atoms with van der Waals surface area (Å²) < 4.78 is 5.43. The third kappa shape index (κ3) is 1.89. The van der Waals surface area contributed by atoms with Gasteiger partial charge in [-0.2, -0.15) is 0 Å². The van der Waals surface area contributed by atoms with Crippen molar-refractivity contribution in [3.05, 3.63) is 47.2 Å². The predicted molar refractivity (Wildman–Crippen MR) is 64.9 cm³/mol. The van der Waals surface area contributed by atoms with Gasteiger partial charge >= 0.3 is 0 Å². The lowest BCUT2D eigenvalue weighted by molar-refractivity contribution is 0.110. The SMILES string of the molecule is O=Cc1ccc(-c2ccc3c(c2)CCNC3)o1. The predicted octanol–water partition coefficient (Wildman–Crippen LogP) is 2.40. The molecule has 3 nitrogen and oxygen atoms in total. The molecular weight excluding hydrogens is 214 g/mol. The van der Waals surface area contributed by atoms with Crippen LogP contribution in [0.2, 0.25) is 0 Å². The molecule has 1 N–H and O–H groups in total. The van der Waals surface area contributed by atoms with Crippen molar-refractivity contribution in [2.75, 3.05) is 6.54 Å². The first kappa shape index (κ1) is 10.3. The number of hydrogen-bond acceptors (Lipinski definition) is 3. The summed E-state index contributed by atoms with van der Waals surface area (Å²) in [6.07, 6.45) is 1.77. The lowest BCUT2D eigenvalue weighted by Gasteiger charge is -2.17. The zero-order valence-corrected chi connectivity index (χ0v) is 9.40. The smallest absolute Gasteiger partial charge is 0.185 e. The number of carbonyl (C=O) groups is 1. The molecule has 1 aromatic carbocycles. The van der Waals surface area contributed by atoms with Crippen molar-refractivity contribution >= 4 is 6.29 Å². The van der Waals surface area contributed by atoms with Gasteiger partial charge in [0.15, 0.2) is 12.0 Å². The number of rotatable bonds is 2. The standard InChI is InChI=1S/C14H13NO2/c16-9-13-3-4-14(17-13)11-1-2-12-8-15-6-5-10(12)7-11/h1-4,7,9,15H,5-6,8H2. The topological polar surface area (TPSA) is 42.2 Å². The minimum Gasteiger partial charge on any atom is -0.453 e. The lowest BCUT2D eigenvalue weighted by Crippen LogP contribution is -2.23. The Hall–Kier alpha value is -1.87. The fourth-order valence-electron chi connectivity index (χ4n) is 2.20. The highest BCUT2D eigenvalue weighted by Gasteiger charge is 2.11. The van der Waals surface area contributed by atoms with Crippen LogP contribution >= 0.6 is 0 Å². The third-order valence-electron chi connectivity index (χ3n) is 3.12. The van der Waals surface area contributed by atoms with Crippen LogP contribution in [0.25, 0.3) is 11.3 Å². The molecule has 0 spiro atoms. The maximum Gasteiger partial charge on any atom is 0.185 e. The molecule has 1 aliphatic heterocycles. The van der Waals surface area contributed by atoms with E-state index >= 15 is 0 Å². The Morgan fingerprint density at radius 3 is 2.94 bits per heavy atom. The van der Waals surface area contributed by atoms with Crippen LogP contribution < -0.4 is 5.32 Å². The molecule has 0 unspecified atom stereocenters. The molecule has 17 heavy (non-hydrogen) atoms. The second-order valence-electron chi connectivity index (χ2n) is 4.23. The van der Waals surface area contributed by atoms with E-state index in [4.69, 9.17) is 4.42 Å². The quantitative estimate of drug-likeness (QED) is 0.801. The molecule has 1 aliphatic rings. The number of fused-ring (bicyclic) bond motifs is 1. The van der Waals surface area contributed by atoms with E-state index in [0.29, 0.717) is 5.76 Å². The Bertz CT molecular complexity index is 557. The summed E-state index contributed by atoms with van der Waals surface area (Å²) >= 11 is 0. The van der Waals surface area contributed by atoms with Crippen molar-refractivity contribution in [1.29, 1.82) is 0 Å². The van der Waals surface area contributed by atoms with Crippen LogP contribution in [0.15, 0.2) is 34.7 Å². The van der Waals surface area contributed by atoms with Crippen LogP contribution in [0.3, 0.4) is 0 Å². The molecular formula is C14H13NO2. The Balaban J connectivity index is 2.00. The average molecular weight is 227 g/mol. The minimum atomic E-state index is 0.374. The Morgan fingerprint density at radius 1 is 1.18 bits per heavy atom. The second kappa shape index (κ2) is 4.18. The summed E-state index contributed by atoms with van der Waals surface area (Å²) in [5, 5.41) is 3.34. The summed E-state index contributed by atoms with van der Waals surface area (Å²) in [5.74, 6) is 1.13. The van der Waals surface area contributed by atoms with Crippen LogP contribution in [-0.2, 0) is 13.0 Å². The molecule has 3 heteroatoms. The first-order valence-corrected chi connectivity index (χ1v) is 5.75. The fraction of sp³-hybridized carbons (Fsp3) is 0.214. The van der Waals surface area contributed by atoms with Gasteiger partial charge in [-0.15, -0.1) is 0 Å². The van der Waals surface area contributed by atoms with E-state index in [-0.39, 0.29) is 0 Å². The van der Waals surface area contributed by atoms with Crippen molar-refractivity contribution in [1.82, 2.24) is 5.32 Å². The highest BCUT2D eigenvalue weighted by atomic mass is 16.3. The number of hydrogen-bond donors (Lipinski definition) is 1. The van der Waals surface area contributed by atoms with Crippen LogP contribution in [0.4, 0.5) is 0 Å². The number of benzene rings is 1. The van der Waals surface area contributed by atoms with Crippen molar-refractivity contribution in [3.63, 3.8) is 0 Å². The molecule has 0 saturated heterocycles. The van der Waals surface area contributed by atoms with Crippen molar-refractivity contribution in [3.8, 4) is 11.3 Å².